The number of esters is 1. The molecule has 2 aliphatic heterocycles. The normalized spacial score (nSPS) is 18.5. The van der Waals surface area contributed by atoms with Crippen LogP contribution in [0.1, 0.15) is 24.9 Å². The molecule has 1 aromatic carbocycles. The molecular weight excluding hydrogens is 387 g/mol. The first-order chi connectivity index (χ1) is 13.4. The van der Waals surface area contributed by atoms with E-state index in [2.05, 4.69) is 4.99 Å². The lowest BCUT2D eigenvalue weighted by atomic mass is 9.93. The second-order valence-corrected chi connectivity index (χ2v) is 6.95. The molecule has 0 amide bonds. The number of halogens is 1. The molecule has 28 heavy (non-hydrogen) atoms. The predicted molar refractivity (Wildman–Crippen MR) is 102 cm³/mol. The molecule has 0 saturated carbocycles. The van der Waals surface area contributed by atoms with Crippen LogP contribution >= 0.6 is 11.8 Å². The van der Waals surface area contributed by atoms with E-state index >= 15 is 0 Å². The van der Waals surface area contributed by atoms with E-state index in [1.54, 1.807) is 35.4 Å². The lowest BCUT2D eigenvalue weighted by Gasteiger charge is -2.36. The number of ether oxygens (including phenoxy) is 2. The number of benzene rings is 1. The summed E-state index contributed by atoms with van der Waals surface area (Å²) in [5.74, 6) is -2.18. The molecule has 7 nitrogen and oxygen atoms in total. The molecule has 2 aliphatic rings. The van der Waals surface area contributed by atoms with Gasteiger partial charge in [0, 0.05) is 18.4 Å². The van der Waals surface area contributed by atoms with Crippen molar-refractivity contribution in [2.45, 2.75) is 19.4 Å². The van der Waals surface area contributed by atoms with E-state index in [-0.39, 0.29) is 30.8 Å². The third kappa shape index (κ3) is 3.95. The summed E-state index contributed by atoms with van der Waals surface area (Å²) in [7, 11) is 1.49. The molecule has 0 aliphatic carbocycles. The summed E-state index contributed by atoms with van der Waals surface area (Å²) in [6, 6.07) is 5.21. The van der Waals surface area contributed by atoms with Crippen LogP contribution in [0.5, 0.6) is 0 Å². The number of allylic oxidation sites excluding steroid dienone is 1. The molecular formula is C19H19FN2O5S. The quantitative estimate of drug-likeness (QED) is 0.550. The van der Waals surface area contributed by atoms with E-state index in [4.69, 9.17) is 9.47 Å². The minimum absolute atomic E-state index is 0.0409. The van der Waals surface area contributed by atoms with E-state index in [1.807, 2.05) is 0 Å². The number of carboxylic acids is 1. The van der Waals surface area contributed by atoms with Crippen LogP contribution in [-0.4, -0.2) is 47.4 Å². The van der Waals surface area contributed by atoms with Crippen molar-refractivity contribution < 1.29 is 28.6 Å². The molecule has 0 aromatic heterocycles. The molecule has 1 aromatic rings. The Labute approximate surface area is 165 Å². The van der Waals surface area contributed by atoms with Crippen molar-refractivity contribution in [3.05, 3.63) is 58.0 Å². The average Bonchev–Trinajstić information content (AvgIpc) is 3.02. The Morgan fingerprint density at radius 1 is 1.32 bits per heavy atom. The predicted octanol–water partition coefficient (Wildman–Crippen LogP) is 3.06. The van der Waals surface area contributed by atoms with E-state index in [9.17, 15) is 19.1 Å². The summed E-state index contributed by atoms with van der Waals surface area (Å²) < 4.78 is 24.9. The van der Waals surface area contributed by atoms with E-state index in [1.165, 1.54) is 24.9 Å². The van der Waals surface area contributed by atoms with Gasteiger partial charge < -0.3 is 19.5 Å². The third-order valence-electron chi connectivity index (χ3n) is 4.27. The highest BCUT2D eigenvalue weighted by Crippen LogP contribution is 2.45. The summed E-state index contributed by atoms with van der Waals surface area (Å²) in [6.45, 7) is 1.92. The summed E-state index contributed by atoms with van der Waals surface area (Å²) >= 11 is 1.24. The van der Waals surface area contributed by atoms with Gasteiger partial charge in [-0.2, -0.15) is 0 Å². The van der Waals surface area contributed by atoms with Crippen molar-refractivity contribution in [2.24, 2.45) is 4.99 Å². The van der Waals surface area contributed by atoms with Crippen LogP contribution in [-0.2, 0) is 19.1 Å². The number of rotatable bonds is 7. The van der Waals surface area contributed by atoms with Gasteiger partial charge in [-0.1, -0.05) is 30.0 Å². The highest BCUT2D eigenvalue weighted by Gasteiger charge is 2.42. The first kappa shape index (κ1) is 20.1. The molecule has 0 radical (unpaired) electrons. The Morgan fingerprint density at radius 3 is 2.75 bits per heavy atom. The molecule has 9 heteroatoms. The lowest BCUT2D eigenvalue weighted by Crippen LogP contribution is -2.37. The number of carbonyl (C=O) groups is 2. The van der Waals surface area contributed by atoms with Crippen LogP contribution in [0.25, 0.3) is 0 Å². The fourth-order valence-corrected chi connectivity index (χ4v) is 4.04. The maximum Gasteiger partial charge on any atom is 0.338 e. The van der Waals surface area contributed by atoms with Gasteiger partial charge in [-0.05, 0) is 18.4 Å². The molecule has 0 saturated heterocycles. The van der Waals surface area contributed by atoms with Crippen LogP contribution in [0.2, 0.25) is 0 Å². The topological polar surface area (TPSA) is 88.4 Å². The molecule has 1 N–H and O–H groups in total. The summed E-state index contributed by atoms with van der Waals surface area (Å²) in [6.07, 6.45) is -0.276. The number of carboxylic acid groups (broad SMARTS) is 1. The molecule has 3 rings (SSSR count). The standard InChI is InChI=1S/C19H19FN2O5S/c1-11-16(18(25)27-8-7-26-2)17(13-5-3-4-6-14(13)20)22-12(9-15(23)24)10-28-19(22)21-11/h3-6,10,17H,7-9H2,1-2H3,(H,23,24). The van der Waals surface area contributed by atoms with Crippen molar-refractivity contribution in [3.8, 4) is 0 Å². The van der Waals surface area contributed by atoms with E-state index in [0.29, 0.717) is 16.6 Å². The number of aliphatic imine (C=N–C) groups is 1. The van der Waals surface area contributed by atoms with Crippen molar-refractivity contribution in [1.29, 1.82) is 0 Å². The monoisotopic (exact) mass is 406 g/mol. The van der Waals surface area contributed by atoms with Gasteiger partial charge in [0.1, 0.15) is 12.4 Å². The molecule has 0 spiro atoms. The second kappa shape index (κ2) is 8.57. The number of nitrogens with zero attached hydrogens (tertiary/aromatic N) is 2. The van der Waals surface area contributed by atoms with Gasteiger partial charge in [-0.25, -0.2) is 14.2 Å². The molecule has 2 heterocycles. The first-order valence-electron chi connectivity index (χ1n) is 8.50. The van der Waals surface area contributed by atoms with Crippen molar-refractivity contribution in [2.75, 3.05) is 20.3 Å². The van der Waals surface area contributed by atoms with E-state index < -0.39 is 23.8 Å². The fourth-order valence-electron chi connectivity index (χ4n) is 3.07. The zero-order valence-corrected chi connectivity index (χ0v) is 16.2. The zero-order chi connectivity index (χ0) is 20.3. The number of amidine groups is 1. The molecule has 1 atom stereocenters. The van der Waals surface area contributed by atoms with Gasteiger partial charge in [0.2, 0.25) is 0 Å². The van der Waals surface area contributed by atoms with Gasteiger partial charge in [0.15, 0.2) is 5.17 Å². The van der Waals surface area contributed by atoms with Gasteiger partial charge in [0.05, 0.1) is 30.3 Å². The van der Waals surface area contributed by atoms with Crippen LogP contribution in [0.4, 0.5) is 4.39 Å². The maximum atomic E-state index is 14.7. The smallest absolute Gasteiger partial charge is 0.338 e. The van der Waals surface area contributed by atoms with Gasteiger partial charge in [0.25, 0.3) is 0 Å². The van der Waals surface area contributed by atoms with Crippen molar-refractivity contribution >= 4 is 28.9 Å². The number of aliphatic carboxylic acids is 1. The Kier molecular flexibility index (Phi) is 6.15. The summed E-state index contributed by atoms with van der Waals surface area (Å²) in [4.78, 5) is 30.1. The molecule has 1 unspecified atom stereocenters. The van der Waals surface area contributed by atoms with Gasteiger partial charge in [-0.3, -0.25) is 4.79 Å². The molecule has 0 fully saturated rings. The van der Waals surface area contributed by atoms with Crippen LogP contribution < -0.4 is 0 Å². The minimum Gasteiger partial charge on any atom is -0.481 e. The van der Waals surface area contributed by atoms with Gasteiger partial charge in [-0.15, -0.1) is 0 Å². The number of methoxy groups -OCH3 is 1. The number of fused-ring (bicyclic) bond motifs is 1. The first-order valence-corrected chi connectivity index (χ1v) is 9.38. The zero-order valence-electron chi connectivity index (χ0n) is 15.3. The highest BCUT2D eigenvalue weighted by atomic mass is 32.2. The lowest BCUT2D eigenvalue weighted by molar-refractivity contribution is -0.141. The maximum absolute atomic E-state index is 14.7. The summed E-state index contributed by atoms with van der Waals surface area (Å²) in [5, 5.41) is 11.4. The largest absolute Gasteiger partial charge is 0.481 e. The Morgan fingerprint density at radius 2 is 2.07 bits per heavy atom. The minimum atomic E-state index is -1.03. The van der Waals surface area contributed by atoms with Gasteiger partial charge >= 0.3 is 11.9 Å². The number of thioether (sulfide) groups is 1. The van der Waals surface area contributed by atoms with Crippen LogP contribution in [0, 0.1) is 5.82 Å². The Balaban J connectivity index is 2.07. The Bertz CT molecular complexity index is 896. The molecule has 0 bridgehead atoms. The Hall–Kier alpha value is -2.65. The van der Waals surface area contributed by atoms with E-state index in [0.717, 1.165) is 0 Å². The second-order valence-electron chi connectivity index (χ2n) is 6.11. The van der Waals surface area contributed by atoms with Crippen molar-refractivity contribution in [1.82, 2.24) is 4.90 Å². The van der Waals surface area contributed by atoms with Crippen LogP contribution in [0.15, 0.2) is 51.6 Å². The van der Waals surface area contributed by atoms with Crippen LogP contribution in [0.3, 0.4) is 0 Å². The SMILES string of the molecule is COCCOC(=O)C1=C(C)N=C2SC=C(CC(=O)O)N2C1c1ccccc1F. The number of hydrogen-bond acceptors (Lipinski definition) is 7. The number of hydrogen-bond donors (Lipinski definition) is 1. The fraction of sp³-hybridized carbons (Fsp3) is 0.316. The molecule has 148 valence electrons. The average molecular weight is 406 g/mol. The number of carbonyl (C=O) groups excluding carboxylic acids is 1. The summed E-state index contributed by atoms with van der Waals surface area (Å²) in [5.41, 5.74) is 1.24. The highest BCUT2D eigenvalue weighted by molar-refractivity contribution is 8.16. The van der Waals surface area contributed by atoms with Crippen molar-refractivity contribution in [3.63, 3.8) is 0 Å². The third-order valence-corrected chi connectivity index (χ3v) is 5.16.